The van der Waals surface area contributed by atoms with Crippen LogP contribution in [0.3, 0.4) is 0 Å². The van der Waals surface area contributed by atoms with E-state index in [1.807, 2.05) is 30.3 Å². The maximum absolute atomic E-state index is 13.0. The molecule has 21 heavy (non-hydrogen) atoms. The van der Waals surface area contributed by atoms with Gasteiger partial charge >= 0.3 is 7.60 Å². The van der Waals surface area contributed by atoms with E-state index in [1.165, 1.54) is 6.26 Å². The molecule has 2 aromatic rings. The quantitative estimate of drug-likeness (QED) is 0.719. The van der Waals surface area contributed by atoms with E-state index in [4.69, 9.17) is 13.5 Å². The molecule has 1 N–H and O–H groups in total. The second-order valence-electron chi connectivity index (χ2n) is 4.30. The summed E-state index contributed by atoms with van der Waals surface area (Å²) in [6.07, 6.45) is 1.54. The Labute approximate surface area is 124 Å². The third kappa shape index (κ3) is 3.97. The Morgan fingerprint density at radius 1 is 1.10 bits per heavy atom. The molecule has 1 heterocycles. The molecule has 0 aliphatic rings. The molecule has 1 aromatic heterocycles. The highest BCUT2D eigenvalue weighted by molar-refractivity contribution is 7.54. The summed E-state index contributed by atoms with van der Waals surface area (Å²) < 4.78 is 29.3. The van der Waals surface area contributed by atoms with Gasteiger partial charge in [0.15, 0.2) is 5.78 Å². The molecule has 0 saturated carbocycles. The molecule has 6 heteroatoms. The average molecular weight is 309 g/mol. The minimum Gasteiger partial charge on any atom is -0.466 e. The molecule has 0 radical (unpaired) electrons. The Morgan fingerprint density at radius 2 is 1.76 bits per heavy atom. The van der Waals surface area contributed by atoms with Gasteiger partial charge in [-0.05, 0) is 38.1 Å². The lowest BCUT2D eigenvalue weighted by atomic mass is 10.3. The summed E-state index contributed by atoms with van der Waals surface area (Å²) in [6.45, 7) is 4.16. The predicted octanol–water partition coefficient (Wildman–Crippen LogP) is 4.66. The van der Waals surface area contributed by atoms with Gasteiger partial charge in [-0.3, -0.25) is 4.57 Å². The van der Waals surface area contributed by atoms with E-state index in [2.05, 4.69) is 5.32 Å². The fraction of sp³-hybridized carbons (Fsp3) is 0.333. The van der Waals surface area contributed by atoms with Crippen molar-refractivity contribution in [2.45, 2.75) is 19.6 Å². The Hall–Kier alpha value is -1.55. The van der Waals surface area contributed by atoms with Crippen molar-refractivity contribution in [3.63, 3.8) is 0 Å². The molecule has 0 aliphatic heterocycles. The van der Waals surface area contributed by atoms with E-state index in [-0.39, 0.29) is 0 Å². The molecule has 2 rings (SSSR count). The van der Waals surface area contributed by atoms with Gasteiger partial charge in [0.2, 0.25) is 0 Å². The maximum atomic E-state index is 13.0. The summed E-state index contributed by atoms with van der Waals surface area (Å²) in [5.41, 5.74) is 0.818. The maximum Gasteiger partial charge on any atom is 0.360 e. The van der Waals surface area contributed by atoms with Gasteiger partial charge < -0.3 is 18.8 Å². The van der Waals surface area contributed by atoms with Crippen molar-refractivity contribution in [2.24, 2.45) is 0 Å². The van der Waals surface area contributed by atoms with Gasteiger partial charge in [0.05, 0.1) is 19.5 Å². The SMILES string of the molecule is CCOP(=O)(OCC)[C@@H](Nc1ccccc1)c1ccco1. The Bertz CT molecular complexity index is 561. The first-order chi connectivity index (χ1) is 10.2. The van der Waals surface area contributed by atoms with Gasteiger partial charge in [-0.2, -0.15) is 0 Å². The molecule has 0 bridgehead atoms. The van der Waals surface area contributed by atoms with Crippen LogP contribution in [-0.2, 0) is 13.6 Å². The van der Waals surface area contributed by atoms with Gasteiger partial charge in [0.25, 0.3) is 0 Å². The van der Waals surface area contributed by atoms with Crippen molar-refractivity contribution in [1.29, 1.82) is 0 Å². The van der Waals surface area contributed by atoms with Crippen LogP contribution >= 0.6 is 7.60 Å². The van der Waals surface area contributed by atoms with E-state index in [9.17, 15) is 4.57 Å². The summed E-state index contributed by atoms with van der Waals surface area (Å²) in [5.74, 6) is -0.168. The van der Waals surface area contributed by atoms with Crippen LogP contribution in [0.1, 0.15) is 25.4 Å². The van der Waals surface area contributed by atoms with E-state index >= 15 is 0 Å². The van der Waals surface area contributed by atoms with E-state index < -0.39 is 13.4 Å². The molecule has 5 nitrogen and oxygen atoms in total. The Balaban J connectivity index is 2.33. The first kappa shape index (κ1) is 15.8. The molecule has 0 unspecified atom stereocenters. The molecule has 0 aliphatic carbocycles. The van der Waals surface area contributed by atoms with Gasteiger partial charge in [0.1, 0.15) is 5.76 Å². The van der Waals surface area contributed by atoms with Crippen LogP contribution in [0.15, 0.2) is 53.1 Å². The number of furan rings is 1. The molecular weight excluding hydrogens is 289 g/mol. The zero-order chi connectivity index (χ0) is 15.1. The number of para-hydroxylation sites is 1. The highest BCUT2D eigenvalue weighted by Crippen LogP contribution is 2.60. The van der Waals surface area contributed by atoms with E-state index in [1.54, 1.807) is 26.0 Å². The number of hydrogen-bond donors (Lipinski definition) is 1. The summed E-state index contributed by atoms with van der Waals surface area (Å²) in [5, 5.41) is 3.18. The van der Waals surface area contributed by atoms with Crippen LogP contribution in [0, 0.1) is 0 Å². The molecular formula is C15H20NO4P. The monoisotopic (exact) mass is 309 g/mol. The summed E-state index contributed by atoms with van der Waals surface area (Å²) >= 11 is 0. The lowest BCUT2D eigenvalue weighted by molar-refractivity contribution is 0.211. The molecule has 0 amide bonds. The van der Waals surface area contributed by atoms with Crippen LogP contribution in [-0.4, -0.2) is 13.2 Å². The van der Waals surface area contributed by atoms with E-state index in [0.717, 1.165) is 5.69 Å². The second kappa shape index (κ2) is 7.46. The molecule has 0 saturated heterocycles. The first-order valence-corrected chi connectivity index (χ1v) is 8.54. The smallest absolute Gasteiger partial charge is 0.360 e. The number of anilines is 1. The van der Waals surface area contributed by atoms with Gasteiger partial charge in [0, 0.05) is 5.69 Å². The molecule has 1 aromatic carbocycles. The number of benzene rings is 1. The van der Waals surface area contributed by atoms with Gasteiger partial charge in [-0.15, -0.1) is 0 Å². The molecule has 1 atom stereocenters. The number of hydrogen-bond acceptors (Lipinski definition) is 5. The summed E-state index contributed by atoms with van der Waals surface area (Å²) in [7, 11) is -3.39. The van der Waals surface area contributed by atoms with Crippen LogP contribution in [0.25, 0.3) is 0 Å². The minimum atomic E-state index is -3.39. The molecule has 0 spiro atoms. The van der Waals surface area contributed by atoms with E-state index in [0.29, 0.717) is 19.0 Å². The van der Waals surface area contributed by atoms with Crippen LogP contribution in [0.4, 0.5) is 5.69 Å². The largest absolute Gasteiger partial charge is 0.466 e. The minimum absolute atomic E-state index is 0.297. The van der Waals surface area contributed by atoms with Crippen LogP contribution < -0.4 is 5.32 Å². The Kier molecular flexibility index (Phi) is 5.62. The lowest BCUT2D eigenvalue weighted by Crippen LogP contribution is -2.14. The van der Waals surface area contributed by atoms with Crippen molar-refractivity contribution in [3.05, 3.63) is 54.5 Å². The second-order valence-corrected chi connectivity index (χ2v) is 6.42. The summed E-state index contributed by atoms with van der Waals surface area (Å²) in [6, 6.07) is 13.0. The topological polar surface area (TPSA) is 60.7 Å². The zero-order valence-electron chi connectivity index (χ0n) is 12.2. The van der Waals surface area contributed by atoms with Crippen molar-refractivity contribution < 1.29 is 18.0 Å². The third-order valence-corrected chi connectivity index (χ3v) is 5.08. The van der Waals surface area contributed by atoms with Crippen LogP contribution in [0.2, 0.25) is 0 Å². The highest BCUT2D eigenvalue weighted by Gasteiger charge is 2.39. The normalized spacial score (nSPS) is 13.0. The average Bonchev–Trinajstić information content (AvgIpc) is 3.00. The van der Waals surface area contributed by atoms with Gasteiger partial charge in [-0.25, -0.2) is 0 Å². The van der Waals surface area contributed by atoms with Crippen LogP contribution in [0.5, 0.6) is 0 Å². The number of nitrogens with one attached hydrogen (secondary N) is 1. The number of rotatable bonds is 8. The van der Waals surface area contributed by atoms with Crippen molar-refractivity contribution in [1.82, 2.24) is 0 Å². The van der Waals surface area contributed by atoms with Gasteiger partial charge in [-0.1, -0.05) is 18.2 Å². The lowest BCUT2D eigenvalue weighted by Gasteiger charge is -2.26. The standard InChI is InChI=1S/C15H20NO4P/c1-3-19-21(17,20-4-2)15(14-11-8-12-18-14)16-13-9-6-5-7-10-13/h5-12,15-16H,3-4H2,1-2H3/t15-/m1/s1. The highest BCUT2D eigenvalue weighted by atomic mass is 31.2. The fourth-order valence-corrected chi connectivity index (χ4v) is 3.85. The Morgan fingerprint density at radius 3 is 2.29 bits per heavy atom. The molecule has 114 valence electrons. The predicted molar refractivity (Wildman–Crippen MR) is 82.4 cm³/mol. The van der Waals surface area contributed by atoms with Crippen molar-refractivity contribution in [2.75, 3.05) is 18.5 Å². The van der Waals surface area contributed by atoms with Crippen molar-refractivity contribution in [3.8, 4) is 0 Å². The third-order valence-electron chi connectivity index (χ3n) is 2.82. The summed E-state index contributed by atoms with van der Waals surface area (Å²) in [4.78, 5) is 0. The zero-order valence-corrected chi connectivity index (χ0v) is 13.1. The molecule has 0 fully saturated rings. The van der Waals surface area contributed by atoms with Crippen molar-refractivity contribution >= 4 is 13.3 Å². The fourth-order valence-electron chi connectivity index (χ4n) is 1.99. The first-order valence-electron chi connectivity index (χ1n) is 6.93.